The van der Waals surface area contributed by atoms with Crippen LogP contribution in [0.1, 0.15) is 10.4 Å². The molecule has 1 aromatic rings. The largest absolute Gasteiger partial charge is 0.491 e. The van der Waals surface area contributed by atoms with E-state index in [1.54, 1.807) is 0 Å². The zero-order chi connectivity index (χ0) is 13.8. The van der Waals surface area contributed by atoms with Crippen molar-refractivity contribution in [2.24, 2.45) is 0 Å². The van der Waals surface area contributed by atoms with Crippen LogP contribution in [0.3, 0.4) is 0 Å². The molecular weight excluding hydrogens is 254 g/mol. The minimum atomic E-state index is 0.0910. The van der Waals surface area contributed by atoms with E-state index in [0.717, 1.165) is 39.3 Å². The highest BCUT2D eigenvalue weighted by Gasteiger charge is 2.23. The highest BCUT2D eigenvalue weighted by Crippen LogP contribution is 2.22. The van der Waals surface area contributed by atoms with Crippen molar-refractivity contribution in [2.45, 2.75) is 0 Å². The number of hydrogen-bond acceptors (Lipinski definition) is 4. The first-order chi connectivity index (χ1) is 9.84. The number of carbonyl (C=O) groups is 1. The Morgan fingerprint density at radius 2 is 1.90 bits per heavy atom. The fourth-order valence-electron chi connectivity index (χ4n) is 2.72. The number of piperazine rings is 1. The van der Waals surface area contributed by atoms with Crippen molar-refractivity contribution in [1.29, 1.82) is 0 Å². The summed E-state index contributed by atoms with van der Waals surface area (Å²) in [6.45, 7) is 7.17. The molecule has 5 heteroatoms. The number of benzene rings is 1. The topological polar surface area (TPSA) is 44.8 Å². The molecule has 1 fully saturated rings. The van der Waals surface area contributed by atoms with Crippen molar-refractivity contribution in [3.63, 3.8) is 0 Å². The molecular formula is C15H21N3O2. The van der Waals surface area contributed by atoms with Crippen LogP contribution in [0.2, 0.25) is 0 Å². The molecule has 0 spiro atoms. The molecule has 0 bridgehead atoms. The Kier molecular flexibility index (Phi) is 4.18. The predicted octanol–water partition coefficient (Wildman–Crippen LogP) is 0.426. The van der Waals surface area contributed by atoms with Gasteiger partial charge in [0.1, 0.15) is 12.4 Å². The number of amides is 1. The maximum Gasteiger partial charge on any atom is 0.257 e. The fourth-order valence-corrected chi connectivity index (χ4v) is 2.72. The average molecular weight is 275 g/mol. The number of nitrogens with one attached hydrogen (secondary N) is 1. The van der Waals surface area contributed by atoms with Gasteiger partial charge in [0.25, 0.3) is 5.91 Å². The third-order valence-electron chi connectivity index (χ3n) is 3.92. The molecule has 3 rings (SSSR count). The van der Waals surface area contributed by atoms with Crippen LogP contribution < -0.4 is 10.1 Å². The van der Waals surface area contributed by atoms with Gasteiger partial charge in [-0.25, -0.2) is 0 Å². The Morgan fingerprint density at radius 1 is 1.10 bits per heavy atom. The Bertz CT molecular complexity index is 472. The molecule has 1 amide bonds. The van der Waals surface area contributed by atoms with Crippen LogP contribution in [0.5, 0.6) is 5.75 Å². The highest BCUT2D eigenvalue weighted by atomic mass is 16.5. The van der Waals surface area contributed by atoms with Crippen molar-refractivity contribution in [3.05, 3.63) is 29.8 Å². The summed E-state index contributed by atoms with van der Waals surface area (Å²) in [6.07, 6.45) is 0. The summed E-state index contributed by atoms with van der Waals surface area (Å²) in [7, 11) is 0. The third-order valence-corrected chi connectivity index (χ3v) is 3.92. The van der Waals surface area contributed by atoms with Gasteiger partial charge in [0, 0.05) is 39.3 Å². The third kappa shape index (κ3) is 2.94. The molecule has 2 heterocycles. The van der Waals surface area contributed by atoms with E-state index in [1.807, 2.05) is 29.2 Å². The first kappa shape index (κ1) is 13.4. The number of hydrogen-bond donors (Lipinski definition) is 1. The lowest BCUT2D eigenvalue weighted by Gasteiger charge is -2.29. The average Bonchev–Trinajstić information content (AvgIpc) is 2.66. The molecule has 0 aliphatic carbocycles. The van der Waals surface area contributed by atoms with Crippen molar-refractivity contribution >= 4 is 5.91 Å². The van der Waals surface area contributed by atoms with Gasteiger partial charge >= 0.3 is 0 Å². The smallest absolute Gasteiger partial charge is 0.257 e. The Hall–Kier alpha value is -1.59. The van der Waals surface area contributed by atoms with E-state index in [1.165, 1.54) is 0 Å². The molecule has 0 radical (unpaired) electrons. The van der Waals surface area contributed by atoms with E-state index in [0.29, 0.717) is 24.5 Å². The molecule has 5 nitrogen and oxygen atoms in total. The molecule has 1 N–H and O–H groups in total. The van der Waals surface area contributed by atoms with E-state index < -0.39 is 0 Å². The van der Waals surface area contributed by atoms with Gasteiger partial charge in [0.05, 0.1) is 12.1 Å². The van der Waals surface area contributed by atoms with E-state index >= 15 is 0 Å². The fraction of sp³-hybridized carbons (Fsp3) is 0.533. The van der Waals surface area contributed by atoms with E-state index in [4.69, 9.17) is 4.74 Å². The molecule has 0 aromatic heterocycles. The van der Waals surface area contributed by atoms with E-state index in [9.17, 15) is 4.79 Å². The van der Waals surface area contributed by atoms with Gasteiger partial charge in [0.2, 0.25) is 0 Å². The molecule has 2 aliphatic heterocycles. The van der Waals surface area contributed by atoms with Crippen LogP contribution in [0.4, 0.5) is 0 Å². The molecule has 0 atom stereocenters. The molecule has 108 valence electrons. The molecule has 1 aromatic carbocycles. The molecule has 20 heavy (non-hydrogen) atoms. The van der Waals surface area contributed by atoms with Gasteiger partial charge < -0.3 is 15.0 Å². The summed E-state index contributed by atoms with van der Waals surface area (Å²) in [6, 6.07) is 7.51. The molecule has 1 saturated heterocycles. The number of para-hydroxylation sites is 1. The Balaban J connectivity index is 1.63. The van der Waals surface area contributed by atoms with Crippen molar-refractivity contribution in [1.82, 2.24) is 15.1 Å². The molecule has 0 saturated carbocycles. The SMILES string of the molecule is O=C1c2ccccc2OCCN1CCN1CCNCC1. The highest BCUT2D eigenvalue weighted by molar-refractivity contribution is 5.97. The quantitative estimate of drug-likeness (QED) is 0.869. The minimum Gasteiger partial charge on any atom is -0.491 e. The summed E-state index contributed by atoms with van der Waals surface area (Å²) in [4.78, 5) is 16.8. The van der Waals surface area contributed by atoms with Crippen molar-refractivity contribution in [3.8, 4) is 5.75 Å². The van der Waals surface area contributed by atoms with Gasteiger partial charge in [-0.05, 0) is 12.1 Å². The van der Waals surface area contributed by atoms with Crippen molar-refractivity contribution in [2.75, 3.05) is 52.4 Å². The van der Waals surface area contributed by atoms with Gasteiger partial charge in [-0.15, -0.1) is 0 Å². The molecule has 0 unspecified atom stereocenters. The molecule has 2 aliphatic rings. The van der Waals surface area contributed by atoms with Gasteiger partial charge in [-0.1, -0.05) is 12.1 Å². The van der Waals surface area contributed by atoms with Crippen LogP contribution in [0.25, 0.3) is 0 Å². The van der Waals surface area contributed by atoms with Crippen LogP contribution in [0, 0.1) is 0 Å². The zero-order valence-corrected chi connectivity index (χ0v) is 11.7. The summed E-state index contributed by atoms with van der Waals surface area (Å²) in [5, 5.41) is 3.34. The van der Waals surface area contributed by atoms with Crippen LogP contribution in [-0.4, -0.2) is 68.1 Å². The second kappa shape index (κ2) is 6.24. The second-order valence-corrected chi connectivity index (χ2v) is 5.23. The van der Waals surface area contributed by atoms with Crippen LogP contribution >= 0.6 is 0 Å². The van der Waals surface area contributed by atoms with Gasteiger partial charge in [0.15, 0.2) is 0 Å². The van der Waals surface area contributed by atoms with Gasteiger partial charge in [-0.3, -0.25) is 9.69 Å². The maximum absolute atomic E-state index is 12.5. The number of carbonyl (C=O) groups excluding carboxylic acids is 1. The predicted molar refractivity (Wildman–Crippen MR) is 77.2 cm³/mol. The summed E-state index contributed by atoms with van der Waals surface area (Å²) < 4.78 is 5.65. The summed E-state index contributed by atoms with van der Waals surface area (Å²) in [5.41, 5.74) is 0.685. The minimum absolute atomic E-state index is 0.0910. The Morgan fingerprint density at radius 3 is 2.75 bits per heavy atom. The normalized spacial score (nSPS) is 20.2. The van der Waals surface area contributed by atoms with Gasteiger partial charge in [-0.2, -0.15) is 0 Å². The summed E-state index contributed by atoms with van der Waals surface area (Å²) in [5.74, 6) is 0.801. The Labute approximate surface area is 119 Å². The zero-order valence-electron chi connectivity index (χ0n) is 11.7. The first-order valence-electron chi connectivity index (χ1n) is 7.29. The van der Waals surface area contributed by atoms with E-state index in [2.05, 4.69) is 10.2 Å². The second-order valence-electron chi connectivity index (χ2n) is 5.23. The first-order valence-corrected chi connectivity index (χ1v) is 7.29. The number of rotatable bonds is 3. The van der Waals surface area contributed by atoms with Crippen LogP contribution in [0.15, 0.2) is 24.3 Å². The lowest BCUT2D eigenvalue weighted by molar-refractivity contribution is 0.0731. The van der Waals surface area contributed by atoms with Crippen LogP contribution in [-0.2, 0) is 0 Å². The monoisotopic (exact) mass is 275 g/mol. The number of fused-ring (bicyclic) bond motifs is 1. The van der Waals surface area contributed by atoms with Crippen molar-refractivity contribution < 1.29 is 9.53 Å². The number of nitrogens with zero attached hydrogens (tertiary/aromatic N) is 2. The van der Waals surface area contributed by atoms with E-state index in [-0.39, 0.29) is 5.91 Å². The lowest BCUT2D eigenvalue weighted by Crippen LogP contribution is -2.47. The maximum atomic E-state index is 12.5. The standard InChI is InChI=1S/C15H21N3O2/c19-15-13-3-1-2-4-14(13)20-12-11-18(15)10-9-17-7-5-16-6-8-17/h1-4,16H,5-12H2. The number of ether oxygens (including phenoxy) is 1. The summed E-state index contributed by atoms with van der Waals surface area (Å²) >= 11 is 0. The lowest BCUT2D eigenvalue weighted by atomic mass is 10.2.